The lowest BCUT2D eigenvalue weighted by molar-refractivity contribution is 0.601. The molecule has 0 aliphatic rings. The van der Waals surface area contributed by atoms with E-state index >= 15 is 0 Å². The minimum atomic E-state index is 0.287. The fourth-order valence-electron chi connectivity index (χ4n) is 2.08. The molecule has 0 amide bonds. The molecule has 0 saturated carbocycles. The third kappa shape index (κ3) is 3.98. The molecule has 2 aromatic rings. The molecule has 106 valence electrons. The monoisotopic (exact) mass is 306 g/mol. The number of thioether (sulfide) groups is 1. The second-order valence-electron chi connectivity index (χ2n) is 4.58. The Hall–Kier alpha value is -1.03. The average molecular weight is 307 g/mol. The Balaban J connectivity index is 2.11. The Kier molecular flexibility index (Phi) is 5.89. The lowest BCUT2D eigenvalue weighted by atomic mass is 10.1. The van der Waals surface area contributed by atoms with Crippen molar-refractivity contribution in [1.82, 2.24) is 10.3 Å². The van der Waals surface area contributed by atoms with Crippen molar-refractivity contribution in [3.8, 4) is 0 Å². The molecular formula is C16H19ClN2S. The number of halogens is 1. The molecule has 0 radical (unpaired) electrons. The van der Waals surface area contributed by atoms with E-state index in [1.807, 2.05) is 30.6 Å². The first-order valence-electron chi connectivity index (χ1n) is 6.73. The van der Waals surface area contributed by atoms with E-state index in [9.17, 15) is 0 Å². The fourth-order valence-corrected chi connectivity index (χ4v) is 3.40. The van der Waals surface area contributed by atoms with E-state index in [1.54, 1.807) is 11.8 Å². The van der Waals surface area contributed by atoms with E-state index < -0.39 is 0 Å². The second-order valence-corrected chi connectivity index (χ2v) is 6.05. The summed E-state index contributed by atoms with van der Waals surface area (Å²) in [7, 11) is 0. The molecule has 1 unspecified atom stereocenters. The van der Waals surface area contributed by atoms with Crippen LogP contribution in [0, 0.1) is 6.92 Å². The lowest BCUT2D eigenvalue weighted by Crippen LogP contribution is -2.23. The third-order valence-electron chi connectivity index (χ3n) is 3.15. The highest BCUT2D eigenvalue weighted by molar-refractivity contribution is 7.99. The molecule has 2 nitrogen and oxygen atoms in total. The largest absolute Gasteiger partial charge is 0.309 e. The first-order valence-corrected chi connectivity index (χ1v) is 8.10. The summed E-state index contributed by atoms with van der Waals surface area (Å²) in [4.78, 5) is 5.37. The topological polar surface area (TPSA) is 24.9 Å². The van der Waals surface area contributed by atoms with Gasteiger partial charge in [0, 0.05) is 29.1 Å². The zero-order valence-electron chi connectivity index (χ0n) is 11.8. The third-order valence-corrected chi connectivity index (χ3v) is 4.76. The Morgan fingerprint density at radius 3 is 2.80 bits per heavy atom. The van der Waals surface area contributed by atoms with Crippen LogP contribution in [0.25, 0.3) is 0 Å². The summed E-state index contributed by atoms with van der Waals surface area (Å²) in [6.07, 6.45) is 3.79. The maximum absolute atomic E-state index is 6.21. The molecule has 2 rings (SSSR count). The predicted octanol–water partition coefficient (Wildman–Crippen LogP) is 4.49. The number of hydrogen-bond acceptors (Lipinski definition) is 3. The Bertz CT molecular complexity index is 560. The van der Waals surface area contributed by atoms with Crippen molar-refractivity contribution in [2.24, 2.45) is 0 Å². The van der Waals surface area contributed by atoms with Gasteiger partial charge in [-0.25, -0.2) is 0 Å². The van der Waals surface area contributed by atoms with Gasteiger partial charge in [0.15, 0.2) is 0 Å². The Morgan fingerprint density at radius 1 is 1.30 bits per heavy atom. The highest BCUT2D eigenvalue weighted by atomic mass is 35.5. The van der Waals surface area contributed by atoms with Crippen LogP contribution in [0.15, 0.2) is 47.6 Å². The average Bonchev–Trinajstić information content (AvgIpc) is 2.46. The van der Waals surface area contributed by atoms with Crippen LogP contribution in [-0.2, 0) is 0 Å². The van der Waals surface area contributed by atoms with E-state index in [1.165, 1.54) is 11.1 Å². The van der Waals surface area contributed by atoms with Gasteiger partial charge in [0.25, 0.3) is 0 Å². The number of nitrogens with zero attached hydrogens (tertiary/aromatic N) is 1. The van der Waals surface area contributed by atoms with Crippen LogP contribution >= 0.6 is 23.4 Å². The zero-order chi connectivity index (χ0) is 14.4. The van der Waals surface area contributed by atoms with E-state index in [2.05, 4.69) is 36.3 Å². The van der Waals surface area contributed by atoms with Gasteiger partial charge in [0.05, 0.1) is 5.02 Å². The van der Waals surface area contributed by atoms with Gasteiger partial charge in [-0.3, -0.25) is 4.98 Å². The van der Waals surface area contributed by atoms with Gasteiger partial charge in [-0.1, -0.05) is 30.7 Å². The molecule has 1 N–H and O–H groups in total. The molecule has 0 bridgehead atoms. The SMILES string of the molecule is CCNC(CSc1ccccc1Cl)c1cnccc1C. The van der Waals surface area contributed by atoms with Gasteiger partial charge in [-0.05, 0) is 42.8 Å². The van der Waals surface area contributed by atoms with Crippen molar-refractivity contribution in [1.29, 1.82) is 0 Å². The lowest BCUT2D eigenvalue weighted by Gasteiger charge is -2.19. The first kappa shape index (κ1) is 15.4. The molecule has 1 aromatic heterocycles. The number of benzene rings is 1. The van der Waals surface area contributed by atoms with Crippen LogP contribution in [0.3, 0.4) is 0 Å². The standard InChI is InChI=1S/C16H19ClN2S/c1-3-19-15(13-10-18-9-8-12(13)2)11-20-16-7-5-4-6-14(16)17/h4-10,15,19H,3,11H2,1-2H3. The van der Waals surface area contributed by atoms with Crippen molar-refractivity contribution >= 4 is 23.4 Å². The zero-order valence-corrected chi connectivity index (χ0v) is 13.3. The van der Waals surface area contributed by atoms with Crippen molar-refractivity contribution < 1.29 is 0 Å². The Morgan fingerprint density at radius 2 is 2.10 bits per heavy atom. The first-order chi connectivity index (χ1) is 9.72. The van der Waals surface area contributed by atoms with Gasteiger partial charge in [0.2, 0.25) is 0 Å². The van der Waals surface area contributed by atoms with Gasteiger partial charge < -0.3 is 5.32 Å². The number of aromatic nitrogens is 1. The van der Waals surface area contributed by atoms with Crippen molar-refractivity contribution in [3.05, 3.63) is 58.9 Å². The molecule has 0 spiro atoms. The number of hydrogen-bond donors (Lipinski definition) is 1. The van der Waals surface area contributed by atoms with Crippen molar-refractivity contribution in [3.63, 3.8) is 0 Å². The molecule has 1 heterocycles. The summed E-state index contributed by atoms with van der Waals surface area (Å²) < 4.78 is 0. The molecule has 0 aliphatic carbocycles. The summed E-state index contributed by atoms with van der Waals surface area (Å²) >= 11 is 7.98. The van der Waals surface area contributed by atoms with E-state index in [4.69, 9.17) is 11.6 Å². The summed E-state index contributed by atoms with van der Waals surface area (Å²) in [5, 5.41) is 4.34. The van der Waals surface area contributed by atoms with Crippen molar-refractivity contribution in [2.75, 3.05) is 12.3 Å². The number of aryl methyl sites for hydroxylation is 1. The number of nitrogens with one attached hydrogen (secondary N) is 1. The highest BCUT2D eigenvalue weighted by Crippen LogP contribution is 2.30. The smallest absolute Gasteiger partial charge is 0.0541 e. The quantitative estimate of drug-likeness (QED) is 0.796. The Labute approximate surface area is 130 Å². The van der Waals surface area contributed by atoms with E-state index in [0.29, 0.717) is 0 Å². The van der Waals surface area contributed by atoms with Gasteiger partial charge in [-0.15, -0.1) is 11.8 Å². The summed E-state index contributed by atoms with van der Waals surface area (Å²) in [5.41, 5.74) is 2.53. The van der Waals surface area contributed by atoms with Crippen LogP contribution in [0.1, 0.15) is 24.1 Å². The minimum absolute atomic E-state index is 0.287. The molecular weight excluding hydrogens is 288 g/mol. The minimum Gasteiger partial charge on any atom is -0.309 e. The van der Waals surface area contributed by atoms with Crippen LogP contribution in [-0.4, -0.2) is 17.3 Å². The normalized spacial score (nSPS) is 12.3. The molecule has 1 aromatic carbocycles. The van der Waals surface area contributed by atoms with Crippen molar-refractivity contribution in [2.45, 2.75) is 24.8 Å². The van der Waals surface area contributed by atoms with Crippen LogP contribution in [0.4, 0.5) is 0 Å². The van der Waals surface area contributed by atoms with Crippen LogP contribution < -0.4 is 5.32 Å². The van der Waals surface area contributed by atoms with Gasteiger partial charge in [0.1, 0.15) is 0 Å². The predicted molar refractivity (Wildman–Crippen MR) is 87.6 cm³/mol. The maximum atomic E-state index is 6.21. The fraction of sp³-hybridized carbons (Fsp3) is 0.312. The molecule has 0 saturated heterocycles. The molecule has 20 heavy (non-hydrogen) atoms. The highest BCUT2D eigenvalue weighted by Gasteiger charge is 2.14. The number of rotatable bonds is 6. The van der Waals surface area contributed by atoms with Gasteiger partial charge in [-0.2, -0.15) is 0 Å². The van der Waals surface area contributed by atoms with Crippen LogP contribution in [0.2, 0.25) is 5.02 Å². The van der Waals surface area contributed by atoms with Gasteiger partial charge >= 0.3 is 0 Å². The summed E-state index contributed by atoms with van der Waals surface area (Å²) in [6.45, 7) is 5.18. The molecule has 4 heteroatoms. The summed E-state index contributed by atoms with van der Waals surface area (Å²) in [6, 6.07) is 10.3. The second kappa shape index (κ2) is 7.67. The van der Waals surface area contributed by atoms with Crippen LogP contribution in [0.5, 0.6) is 0 Å². The number of pyridine rings is 1. The maximum Gasteiger partial charge on any atom is 0.0541 e. The molecule has 1 atom stereocenters. The van der Waals surface area contributed by atoms with E-state index in [0.717, 1.165) is 22.2 Å². The summed E-state index contributed by atoms with van der Waals surface area (Å²) in [5.74, 6) is 0.935. The molecule has 0 aliphatic heterocycles. The molecule has 0 fully saturated rings. The van der Waals surface area contributed by atoms with E-state index in [-0.39, 0.29) is 6.04 Å².